The van der Waals surface area contributed by atoms with Crippen molar-refractivity contribution in [3.63, 3.8) is 0 Å². The van der Waals surface area contributed by atoms with Crippen LogP contribution in [-0.4, -0.2) is 23.2 Å². The quantitative estimate of drug-likeness (QED) is 0.912. The van der Waals surface area contributed by atoms with Crippen molar-refractivity contribution in [1.29, 1.82) is 0 Å². The molecule has 0 unspecified atom stereocenters. The van der Waals surface area contributed by atoms with Crippen LogP contribution in [0.1, 0.15) is 33.2 Å². The van der Waals surface area contributed by atoms with Crippen LogP contribution in [0.3, 0.4) is 0 Å². The molecule has 2 aromatic rings. The number of methoxy groups -OCH3 is 1. The van der Waals surface area contributed by atoms with E-state index in [4.69, 9.17) is 9.26 Å². The van der Waals surface area contributed by atoms with E-state index in [1.807, 2.05) is 0 Å². The Morgan fingerprint density at radius 1 is 1.39 bits per heavy atom. The standard InChI is InChI=1S/C14H14F3N3O3/c1-8-3-4-9(14(15,16)17)5-10(8)13(21)18-6-11-19-12(7-22-2)23-20-11/h3-5H,6-7H2,1-2H3,(H,18,21). The summed E-state index contributed by atoms with van der Waals surface area (Å²) in [5.74, 6) is -0.200. The molecule has 1 heterocycles. The molecule has 0 spiro atoms. The third kappa shape index (κ3) is 4.28. The zero-order valence-corrected chi connectivity index (χ0v) is 12.4. The first-order valence-corrected chi connectivity index (χ1v) is 6.57. The average molecular weight is 329 g/mol. The molecule has 1 aromatic heterocycles. The molecule has 6 nitrogen and oxygen atoms in total. The average Bonchev–Trinajstić information content (AvgIpc) is 2.92. The van der Waals surface area contributed by atoms with Gasteiger partial charge in [0.05, 0.1) is 12.1 Å². The highest BCUT2D eigenvalue weighted by molar-refractivity contribution is 5.95. The van der Waals surface area contributed by atoms with Crippen LogP contribution in [0.5, 0.6) is 0 Å². The van der Waals surface area contributed by atoms with Gasteiger partial charge in [-0.15, -0.1) is 0 Å². The Kier molecular flexibility index (Phi) is 4.99. The molecule has 0 atom stereocenters. The Balaban J connectivity index is 2.08. The smallest absolute Gasteiger partial charge is 0.375 e. The van der Waals surface area contributed by atoms with E-state index in [9.17, 15) is 18.0 Å². The maximum absolute atomic E-state index is 12.7. The number of nitrogens with one attached hydrogen (secondary N) is 1. The number of hydrogen-bond acceptors (Lipinski definition) is 5. The van der Waals surface area contributed by atoms with E-state index in [0.717, 1.165) is 12.1 Å². The molecule has 0 saturated heterocycles. The van der Waals surface area contributed by atoms with Crippen molar-refractivity contribution in [3.05, 3.63) is 46.6 Å². The largest absolute Gasteiger partial charge is 0.416 e. The van der Waals surface area contributed by atoms with Crippen molar-refractivity contribution in [2.24, 2.45) is 0 Å². The molecule has 2 rings (SSSR count). The molecule has 1 amide bonds. The summed E-state index contributed by atoms with van der Waals surface area (Å²) in [6.45, 7) is 1.62. The molecule has 0 bridgehead atoms. The number of ether oxygens (including phenoxy) is 1. The minimum atomic E-state index is -4.51. The lowest BCUT2D eigenvalue weighted by molar-refractivity contribution is -0.137. The Morgan fingerprint density at radius 2 is 2.13 bits per heavy atom. The second-order valence-corrected chi connectivity index (χ2v) is 4.75. The highest BCUT2D eigenvalue weighted by Crippen LogP contribution is 2.30. The number of carbonyl (C=O) groups excluding carboxylic acids is 1. The lowest BCUT2D eigenvalue weighted by Crippen LogP contribution is -2.24. The van der Waals surface area contributed by atoms with E-state index >= 15 is 0 Å². The zero-order valence-electron chi connectivity index (χ0n) is 12.4. The van der Waals surface area contributed by atoms with Crippen LogP contribution in [0.4, 0.5) is 13.2 Å². The lowest BCUT2D eigenvalue weighted by atomic mass is 10.0. The maximum Gasteiger partial charge on any atom is 0.416 e. The molecule has 9 heteroatoms. The van der Waals surface area contributed by atoms with Gasteiger partial charge in [0.1, 0.15) is 6.61 Å². The summed E-state index contributed by atoms with van der Waals surface area (Å²) in [5.41, 5.74) is -0.501. The van der Waals surface area contributed by atoms with E-state index in [-0.39, 0.29) is 30.4 Å². The third-order valence-electron chi connectivity index (χ3n) is 2.99. The molecule has 0 radical (unpaired) electrons. The minimum Gasteiger partial charge on any atom is -0.375 e. The molecule has 0 fully saturated rings. The van der Waals surface area contributed by atoms with Gasteiger partial charge in [-0.1, -0.05) is 11.2 Å². The van der Waals surface area contributed by atoms with Gasteiger partial charge in [0.2, 0.25) is 0 Å². The van der Waals surface area contributed by atoms with Gasteiger partial charge in [0.15, 0.2) is 5.82 Å². The highest BCUT2D eigenvalue weighted by Gasteiger charge is 2.31. The Labute approximate surface area is 129 Å². The SMILES string of the molecule is COCc1nc(CNC(=O)c2cc(C(F)(F)F)ccc2C)no1. The Hall–Kier alpha value is -2.42. The second-order valence-electron chi connectivity index (χ2n) is 4.75. The molecule has 23 heavy (non-hydrogen) atoms. The molecule has 124 valence electrons. The first kappa shape index (κ1) is 16.9. The van der Waals surface area contributed by atoms with Crippen LogP contribution in [0.25, 0.3) is 0 Å². The van der Waals surface area contributed by atoms with Crippen molar-refractivity contribution < 1.29 is 27.2 Å². The van der Waals surface area contributed by atoms with Crippen molar-refractivity contribution >= 4 is 5.91 Å². The summed E-state index contributed by atoms with van der Waals surface area (Å²) in [7, 11) is 1.46. The van der Waals surface area contributed by atoms with Crippen LogP contribution in [-0.2, 0) is 24.1 Å². The number of aromatic nitrogens is 2. The van der Waals surface area contributed by atoms with Gasteiger partial charge in [-0.2, -0.15) is 18.2 Å². The van der Waals surface area contributed by atoms with E-state index < -0.39 is 17.6 Å². The number of halogens is 3. The molecule has 0 aliphatic heterocycles. The van der Waals surface area contributed by atoms with Crippen LogP contribution in [0.15, 0.2) is 22.7 Å². The van der Waals surface area contributed by atoms with Gasteiger partial charge in [0, 0.05) is 12.7 Å². The fourth-order valence-corrected chi connectivity index (χ4v) is 1.84. The van der Waals surface area contributed by atoms with Gasteiger partial charge in [-0.05, 0) is 24.6 Å². The third-order valence-corrected chi connectivity index (χ3v) is 2.99. The van der Waals surface area contributed by atoms with E-state index in [0.29, 0.717) is 5.56 Å². The van der Waals surface area contributed by atoms with Gasteiger partial charge in [0.25, 0.3) is 11.8 Å². The number of aryl methyl sites for hydroxylation is 1. The summed E-state index contributed by atoms with van der Waals surface area (Å²) >= 11 is 0. The van der Waals surface area contributed by atoms with Crippen molar-refractivity contribution in [2.45, 2.75) is 26.3 Å². The molecule has 1 N–H and O–H groups in total. The predicted molar refractivity (Wildman–Crippen MR) is 72.4 cm³/mol. The maximum atomic E-state index is 12.7. The monoisotopic (exact) mass is 329 g/mol. The van der Waals surface area contributed by atoms with Crippen molar-refractivity contribution in [3.8, 4) is 0 Å². The number of rotatable bonds is 5. The summed E-state index contributed by atoms with van der Waals surface area (Å²) in [4.78, 5) is 16.0. The molecule has 0 saturated carbocycles. The van der Waals surface area contributed by atoms with Crippen LogP contribution < -0.4 is 5.32 Å². The number of amides is 1. The van der Waals surface area contributed by atoms with E-state index in [2.05, 4.69) is 15.5 Å². The van der Waals surface area contributed by atoms with Gasteiger partial charge in [-0.3, -0.25) is 4.79 Å². The van der Waals surface area contributed by atoms with Gasteiger partial charge < -0.3 is 14.6 Å². The van der Waals surface area contributed by atoms with Gasteiger partial charge in [-0.25, -0.2) is 0 Å². The van der Waals surface area contributed by atoms with Crippen LogP contribution in [0.2, 0.25) is 0 Å². The lowest BCUT2D eigenvalue weighted by Gasteiger charge is -2.11. The first-order valence-electron chi connectivity index (χ1n) is 6.57. The Bertz CT molecular complexity index is 698. The van der Waals surface area contributed by atoms with Crippen LogP contribution >= 0.6 is 0 Å². The number of nitrogens with zero attached hydrogens (tertiary/aromatic N) is 2. The molecule has 0 aliphatic rings. The molecular formula is C14H14F3N3O3. The van der Waals surface area contributed by atoms with E-state index in [1.165, 1.54) is 13.2 Å². The molecule has 0 aliphatic carbocycles. The number of hydrogen-bond donors (Lipinski definition) is 1. The fraction of sp³-hybridized carbons (Fsp3) is 0.357. The first-order chi connectivity index (χ1) is 10.8. The topological polar surface area (TPSA) is 77.2 Å². The van der Waals surface area contributed by atoms with Crippen molar-refractivity contribution in [2.75, 3.05) is 7.11 Å². The number of benzene rings is 1. The summed E-state index contributed by atoms with van der Waals surface area (Å²) < 4.78 is 47.8. The highest BCUT2D eigenvalue weighted by atomic mass is 19.4. The minimum absolute atomic E-state index is 0.0552. The van der Waals surface area contributed by atoms with Gasteiger partial charge >= 0.3 is 6.18 Å². The fourth-order valence-electron chi connectivity index (χ4n) is 1.84. The zero-order chi connectivity index (χ0) is 17.0. The summed E-state index contributed by atoms with van der Waals surface area (Å²) in [6.07, 6.45) is -4.51. The number of carbonyl (C=O) groups is 1. The van der Waals surface area contributed by atoms with Crippen LogP contribution in [0, 0.1) is 6.92 Å². The van der Waals surface area contributed by atoms with E-state index in [1.54, 1.807) is 6.92 Å². The summed E-state index contributed by atoms with van der Waals surface area (Å²) in [5, 5.41) is 6.08. The predicted octanol–water partition coefficient (Wildman–Crippen LogP) is 2.47. The normalized spacial score (nSPS) is 11.5. The Morgan fingerprint density at radius 3 is 2.78 bits per heavy atom. The summed E-state index contributed by atoms with van der Waals surface area (Å²) in [6, 6.07) is 3.00. The molecule has 1 aromatic carbocycles. The van der Waals surface area contributed by atoms with Crippen molar-refractivity contribution in [1.82, 2.24) is 15.5 Å². The molecular weight excluding hydrogens is 315 g/mol. The number of alkyl halides is 3. The second kappa shape index (κ2) is 6.78.